The van der Waals surface area contributed by atoms with E-state index in [0.717, 1.165) is 63.0 Å². The highest BCUT2D eigenvalue weighted by Gasteiger charge is 2.29. The van der Waals surface area contributed by atoms with Gasteiger partial charge in [-0.05, 0) is 81.7 Å². The van der Waals surface area contributed by atoms with Crippen LogP contribution >= 0.6 is 0 Å². The highest BCUT2D eigenvalue weighted by atomic mass is 19.1. The number of piperidine rings is 1. The van der Waals surface area contributed by atoms with Gasteiger partial charge in [0.2, 0.25) is 0 Å². The largest absolute Gasteiger partial charge is 0.381 e. The van der Waals surface area contributed by atoms with Crippen molar-refractivity contribution in [2.75, 3.05) is 68.6 Å². The fourth-order valence-electron chi connectivity index (χ4n) is 5.57. The van der Waals surface area contributed by atoms with E-state index >= 15 is 4.39 Å². The van der Waals surface area contributed by atoms with Gasteiger partial charge in [0.25, 0.3) is 5.91 Å². The first-order chi connectivity index (χ1) is 16.4. The van der Waals surface area contributed by atoms with Crippen LogP contribution in [0.5, 0.6) is 0 Å². The van der Waals surface area contributed by atoms with Crippen LogP contribution in [0.15, 0.2) is 36.4 Å². The Bertz CT molecular complexity index is 1050. The maximum atomic E-state index is 15.1. The molecule has 7 heteroatoms. The number of halogens is 1. The molecule has 2 aromatic carbocycles. The van der Waals surface area contributed by atoms with Crippen LogP contribution in [0.4, 0.5) is 21.5 Å². The van der Waals surface area contributed by atoms with Crippen molar-refractivity contribution in [3.8, 4) is 0 Å². The van der Waals surface area contributed by atoms with Crippen molar-refractivity contribution in [3.63, 3.8) is 0 Å². The summed E-state index contributed by atoms with van der Waals surface area (Å²) in [6.07, 6.45) is 4.19. The number of benzene rings is 2. The Morgan fingerprint density at radius 3 is 2.35 bits per heavy atom. The van der Waals surface area contributed by atoms with Crippen LogP contribution in [0, 0.1) is 5.82 Å². The monoisotopic (exact) mass is 466 g/mol. The number of methoxy groups -OCH3 is 1. The van der Waals surface area contributed by atoms with Crippen LogP contribution in [0.2, 0.25) is 0 Å². The van der Waals surface area contributed by atoms with E-state index in [-0.39, 0.29) is 11.7 Å². The van der Waals surface area contributed by atoms with Gasteiger partial charge in [-0.1, -0.05) is 0 Å². The molecule has 0 aliphatic carbocycles. The molecule has 3 heterocycles. The van der Waals surface area contributed by atoms with Crippen molar-refractivity contribution in [1.29, 1.82) is 0 Å². The first-order valence-electron chi connectivity index (χ1n) is 12.4. The summed E-state index contributed by atoms with van der Waals surface area (Å²) in [5.74, 6) is -0.308. The number of fused-ring (bicyclic) bond motifs is 1. The van der Waals surface area contributed by atoms with Crippen molar-refractivity contribution in [2.45, 2.75) is 37.8 Å². The Balaban J connectivity index is 1.30. The Labute approximate surface area is 201 Å². The molecule has 1 amide bonds. The van der Waals surface area contributed by atoms with Crippen molar-refractivity contribution >= 4 is 23.0 Å². The number of hydrogen-bond acceptors (Lipinski definition) is 5. The SMILES string of the molecule is COC1CCN(c2ccc3c(c2)CCN(c2ccc(N4CCC(N(C)C)C4)c(F)c2)C3=O)CC1. The first-order valence-corrected chi connectivity index (χ1v) is 12.4. The van der Waals surface area contributed by atoms with Gasteiger partial charge in [-0.15, -0.1) is 0 Å². The molecule has 5 rings (SSSR count). The number of rotatable bonds is 5. The molecule has 0 bridgehead atoms. The predicted octanol–water partition coefficient (Wildman–Crippen LogP) is 3.78. The highest BCUT2D eigenvalue weighted by Crippen LogP contribution is 2.32. The molecular formula is C27H35FN4O2. The van der Waals surface area contributed by atoms with Crippen LogP contribution < -0.4 is 14.7 Å². The lowest BCUT2D eigenvalue weighted by Crippen LogP contribution is -2.39. The van der Waals surface area contributed by atoms with Gasteiger partial charge in [0.05, 0.1) is 11.8 Å². The molecule has 0 radical (unpaired) electrons. The number of anilines is 3. The number of likely N-dealkylation sites (N-methyl/N-ethyl adjacent to an activating group) is 1. The predicted molar refractivity (Wildman–Crippen MR) is 135 cm³/mol. The van der Waals surface area contributed by atoms with E-state index in [1.54, 1.807) is 12.0 Å². The van der Waals surface area contributed by atoms with Gasteiger partial charge in [0, 0.05) is 62.8 Å². The second-order valence-electron chi connectivity index (χ2n) is 9.96. The third kappa shape index (κ3) is 4.39. The standard InChI is InChI=1S/C27H35FN4O2/c1-29(2)22-9-12-31(18-22)26-7-5-21(17-25(26)28)32-15-8-19-16-20(4-6-24(19)27(32)33)30-13-10-23(34-3)11-14-30/h4-7,16-17,22-23H,8-15,18H2,1-3H3. The van der Waals surface area contributed by atoms with Crippen LogP contribution in [0.25, 0.3) is 0 Å². The molecule has 1 atom stereocenters. The molecule has 3 aliphatic heterocycles. The normalized spacial score (nSPS) is 21.5. The molecule has 2 saturated heterocycles. The fourth-order valence-corrected chi connectivity index (χ4v) is 5.57. The van der Waals surface area contributed by atoms with E-state index in [2.05, 4.69) is 34.9 Å². The Kier molecular flexibility index (Phi) is 6.49. The van der Waals surface area contributed by atoms with Gasteiger partial charge in [0.1, 0.15) is 5.82 Å². The lowest BCUT2D eigenvalue weighted by atomic mass is 9.96. The van der Waals surface area contributed by atoms with Crippen molar-refractivity contribution < 1.29 is 13.9 Å². The average molecular weight is 467 g/mol. The molecule has 0 aromatic heterocycles. The second-order valence-corrected chi connectivity index (χ2v) is 9.96. The summed E-state index contributed by atoms with van der Waals surface area (Å²) in [5, 5.41) is 0. The number of carbonyl (C=O) groups excluding carboxylic acids is 1. The zero-order valence-corrected chi connectivity index (χ0v) is 20.5. The zero-order chi connectivity index (χ0) is 23.8. The summed E-state index contributed by atoms with van der Waals surface area (Å²) >= 11 is 0. The minimum atomic E-state index is -0.259. The van der Waals surface area contributed by atoms with Gasteiger partial charge in [-0.25, -0.2) is 4.39 Å². The van der Waals surface area contributed by atoms with Crippen LogP contribution in [0.1, 0.15) is 35.2 Å². The Hall–Kier alpha value is -2.64. The quantitative estimate of drug-likeness (QED) is 0.671. The van der Waals surface area contributed by atoms with E-state index in [4.69, 9.17) is 4.74 Å². The van der Waals surface area contributed by atoms with Crippen molar-refractivity contribution in [1.82, 2.24) is 4.90 Å². The van der Waals surface area contributed by atoms with Crippen LogP contribution in [-0.2, 0) is 11.2 Å². The minimum Gasteiger partial charge on any atom is -0.381 e. The summed E-state index contributed by atoms with van der Waals surface area (Å²) in [6.45, 7) is 4.17. The molecule has 0 N–H and O–H groups in total. The lowest BCUT2D eigenvalue weighted by Gasteiger charge is -2.34. The van der Waals surface area contributed by atoms with Crippen molar-refractivity contribution in [2.24, 2.45) is 0 Å². The smallest absolute Gasteiger partial charge is 0.258 e. The molecule has 182 valence electrons. The molecule has 2 fully saturated rings. The van der Waals surface area contributed by atoms with Gasteiger partial charge >= 0.3 is 0 Å². The van der Waals surface area contributed by atoms with Crippen molar-refractivity contribution in [3.05, 3.63) is 53.3 Å². The van der Waals surface area contributed by atoms with Gasteiger partial charge < -0.3 is 24.3 Å². The Morgan fingerprint density at radius 1 is 0.941 bits per heavy atom. The fraction of sp³-hybridized carbons (Fsp3) is 0.519. The van der Waals surface area contributed by atoms with Gasteiger partial charge in [-0.3, -0.25) is 4.79 Å². The molecule has 6 nitrogen and oxygen atoms in total. The summed E-state index contributed by atoms with van der Waals surface area (Å²) in [6, 6.07) is 11.8. The van der Waals surface area contributed by atoms with E-state index in [0.29, 0.717) is 30.1 Å². The summed E-state index contributed by atoms with van der Waals surface area (Å²) in [4.78, 5) is 21.7. The number of carbonyl (C=O) groups is 1. The molecule has 0 saturated carbocycles. The van der Waals surface area contributed by atoms with Crippen LogP contribution in [0.3, 0.4) is 0 Å². The third-order valence-electron chi connectivity index (χ3n) is 7.79. The van der Waals surface area contributed by atoms with Gasteiger partial charge in [-0.2, -0.15) is 0 Å². The number of amides is 1. The number of hydrogen-bond donors (Lipinski definition) is 0. The third-order valence-corrected chi connectivity index (χ3v) is 7.79. The lowest BCUT2D eigenvalue weighted by molar-refractivity contribution is 0.0819. The molecule has 34 heavy (non-hydrogen) atoms. The maximum Gasteiger partial charge on any atom is 0.258 e. The maximum absolute atomic E-state index is 15.1. The zero-order valence-electron chi connectivity index (χ0n) is 20.5. The minimum absolute atomic E-state index is 0.0492. The molecular weight excluding hydrogens is 431 g/mol. The number of nitrogens with zero attached hydrogens (tertiary/aromatic N) is 4. The average Bonchev–Trinajstić information content (AvgIpc) is 3.34. The van der Waals surface area contributed by atoms with E-state index in [9.17, 15) is 4.79 Å². The van der Waals surface area contributed by atoms with Crippen LogP contribution in [-0.4, -0.2) is 76.9 Å². The highest BCUT2D eigenvalue weighted by molar-refractivity contribution is 6.08. The molecule has 2 aromatic rings. The van der Waals surface area contributed by atoms with E-state index in [1.165, 1.54) is 11.8 Å². The number of ether oxygens (including phenoxy) is 1. The molecule has 1 unspecified atom stereocenters. The summed E-state index contributed by atoms with van der Waals surface area (Å²) < 4.78 is 20.6. The van der Waals surface area contributed by atoms with E-state index in [1.807, 2.05) is 24.3 Å². The summed E-state index contributed by atoms with van der Waals surface area (Å²) in [7, 11) is 5.92. The summed E-state index contributed by atoms with van der Waals surface area (Å²) in [5.41, 5.74) is 4.23. The molecule has 3 aliphatic rings. The Morgan fingerprint density at radius 2 is 1.68 bits per heavy atom. The second kappa shape index (κ2) is 9.55. The first kappa shape index (κ1) is 23.1. The van der Waals surface area contributed by atoms with E-state index < -0.39 is 0 Å². The molecule has 0 spiro atoms. The topological polar surface area (TPSA) is 39.3 Å². The van der Waals surface area contributed by atoms with Gasteiger partial charge in [0.15, 0.2) is 0 Å².